The van der Waals surface area contributed by atoms with Gasteiger partial charge in [-0.1, -0.05) is 96.8 Å². The van der Waals surface area contributed by atoms with Crippen LogP contribution in [0.5, 0.6) is 0 Å². The van der Waals surface area contributed by atoms with Gasteiger partial charge in [-0.05, 0) is 40.9 Å². The minimum Gasteiger partial charge on any atom is -0.512 e. The van der Waals surface area contributed by atoms with Crippen LogP contribution in [0, 0.1) is 16.9 Å². The number of ketones is 1. The zero-order valence-corrected chi connectivity index (χ0v) is 27.4. The average molecular weight is 727 g/mol. The monoisotopic (exact) mass is 726 g/mol. The molecule has 4 nitrogen and oxygen atoms in total. The third-order valence-electron chi connectivity index (χ3n) is 7.28. The van der Waals surface area contributed by atoms with Crippen molar-refractivity contribution in [2.24, 2.45) is 10.8 Å². The predicted molar refractivity (Wildman–Crippen MR) is 164 cm³/mol. The van der Waals surface area contributed by atoms with E-state index >= 15 is 0 Å². The molecule has 0 saturated carbocycles. The summed E-state index contributed by atoms with van der Waals surface area (Å²) >= 11 is 0. The van der Waals surface area contributed by atoms with Crippen molar-refractivity contribution in [2.45, 2.75) is 60.8 Å². The second kappa shape index (κ2) is 12.2. The van der Waals surface area contributed by atoms with E-state index in [0.29, 0.717) is 0 Å². The topological polar surface area (TPSA) is 63.1 Å². The largest absolute Gasteiger partial charge is 0.512 e. The van der Waals surface area contributed by atoms with Crippen LogP contribution < -0.4 is 0 Å². The maximum absolute atomic E-state index is 11.5. The zero-order chi connectivity index (χ0) is 29.3. The van der Waals surface area contributed by atoms with Gasteiger partial charge in [-0.3, -0.25) is 9.78 Å². The predicted octanol–water partition coefficient (Wildman–Crippen LogP) is 9.00. The van der Waals surface area contributed by atoms with Gasteiger partial charge in [0.15, 0.2) is 5.78 Å². The first-order valence-corrected chi connectivity index (χ1v) is 13.7. The van der Waals surface area contributed by atoms with Crippen molar-refractivity contribution in [3.05, 3.63) is 108 Å². The maximum Gasteiger partial charge on any atom is 0.164 e. The molecule has 1 aliphatic carbocycles. The number of aliphatic hydroxyl groups excluding tert-OH is 1. The number of carbonyl (C=O) groups excluding carboxylic acids is 1. The minimum atomic E-state index is -0.417. The van der Waals surface area contributed by atoms with Gasteiger partial charge in [0.2, 0.25) is 0 Å². The first-order valence-electron chi connectivity index (χ1n) is 13.7. The van der Waals surface area contributed by atoms with Crippen molar-refractivity contribution in [3.8, 4) is 33.6 Å². The molecule has 4 aromatic rings. The number of aromatic nitrogens is 2. The van der Waals surface area contributed by atoms with E-state index in [4.69, 9.17) is 0 Å². The Labute approximate surface area is 259 Å². The standard InChI is InChI=1S/C25H19N2.C11H20O2.Pt/c1-25(2)21-15-17(23-7-3-5-13-26-23)9-11-19(21)20-12-10-18(16-22(20)25)24-8-4-6-14-27-24;1-10(2,3)8(12)7-9(13)11(4,5)6;/h3-9,11-16H,1-2H3;7,12H,1-6H3;/q-1;;/b;8-7-;. The van der Waals surface area contributed by atoms with Gasteiger partial charge < -0.3 is 10.1 Å². The van der Waals surface area contributed by atoms with Crippen LogP contribution in [-0.4, -0.2) is 20.9 Å². The number of carbonyl (C=O) groups is 1. The Morgan fingerprint density at radius 1 is 0.805 bits per heavy atom. The van der Waals surface area contributed by atoms with Crippen molar-refractivity contribution in [3.63, 3.8) is 0 Å². The van der Waals surface area contributed by atoms with E-state index in [1.165, 1.54) is 28.3 Å². The molecule has 2 aromatic carbocycles. The summed E-state index contributed by atoms with van der Waals surface area (Å²) in [6, 6.07) is 26.5. The molecule has 2 heterocycles. The number of pyridine rings is 2. The van der Waals surface area contributed by atoms with Gasteiger partial charge in [0, 0.05) is 55.9 Å². The van der Waals surface area contributed by atoms with Gasteiger partial charge in [0.1, 0.15) is 5.76 Å². The van der Waals surface area contributed by atoms with Crippen LogP contribution in [0.4, 0.5) is 0 Å². The van der Waals surface area contributed by atoms with E-state index in [-0.39, 0.29) is 43.4 Å². The fraction of sp³-hybridized carbons (Fsp3) is 0.306. The van der Waals surface area contributed by atoms with E-state index < -0.39 is 5.41 Å². The van der Waals surface area contributed by atoms with Crippen LogP contribution in [0.2, 0.25) is 0 Å². The number of allylic oxidation sites excluding steroid dienone is 2. The summed E-state index contributed by atoms with van der Waals surface area (Å²) in [5.74, 6) is 0.104. The smallest absolute Gasteiger partial charge is 0.164 e. The summed E-state index contributed by atoms with van der Waals surface area (Å²) in [4.78, 5) is 20.5. The van der Waals surface area contributed by atoms with Crippen LogP contribution in [0.15, 0.2) is 91.0 Å². The molecule has 5 rings (SSSR count). The Morgan fingerprint density at radius 2 is 1.39 bits per heavy atom. The molecule has 0 fully saturated rings. The number of fused-ring (bicyclic) bond motifs is 3. The summed E-state index contributed by atoms with van der Waals surface area (Å²) in [6.07, 6.45) is 5.01. The number of hydrogen-bond acceptors (Lipinski definition) is 4. The minimum absolute atomic E-state index is 0. The van der Waals surface area contributed by atoms with Crippen molar-refractivity contribution in [2.75, 3.05) is 0 Å². The van der Waals surface area contributed by atoms with Gasteiger partial charge in [0.05, 0.1) is 5.69 Å². The molecule has 0 radical (unpaired) electrons. The number of rotatable bonds is 3. The van der Waals surface area contributed by atoms with Gasteiger partial charge in [-0.2, -0.15) is 0 Å². The zero-order valence-electron chi connectivity index (χ0n) is 25.1. The second-order valence-corrected chi connectivity index (χ2v) is 12.9. The van der Waals surface area contributed by atoms with Crippen LogP contribution in [0.3, 0.4) is 0 Å². The summed E-state index contributed by atoms with van der Waals surface area (Å²) in [7, 11) is 0. The van der Waals surface area contributed by atoms with E-state index in [0.717, 1.165) is 22.5 Å². The Hall–Kier alpha value is -3.36. The van der Waals surface area contributed by atoms with Crippen molar-refractivity contribution in [1.82, 2.24) is 9.97 Å². The first-order chi connectivity index (χ1) is 18.7. The number of nitrogens with zero attached hydrogens (tertiary/aromatic N) is 2. The SMILES string of the molecule is CC(C)(C)C(=O)/C=C(\O)C(C)(C)C.CC1(C)c2cc(-c3ccccn3)[c-]cc2-c2ccc(-c3ccccn3)cc21.[Pt]. The Kier molecular flexibility index (Phi) is 9.61. The Balaban J connectivity index is 0.000000284. The quantitative estimate of drug-likeness (QED) is 0.130. The number of benzene rings is 2. The van der Waals surface area contributed by atoms with Crippen LogP contribution in [0.25, 0.3) is 33.6 Å². The second-order valence-electron chi connectivity index (χ2n) is 12.9. The molecule has 216 valence electrons. The number of aliphatic hydroxyl groups is 1. The summed E-state index contributed by atoms with van der Waals surface area (Å²) in [5, 5.41) is 9.56. The molecule has 1 aliphatic rings. The van der Waals surface area contributed by atoms with Crippen molar-refractivity contribution < 1.29 is 31.0 Å². The van der Waals surface area contributed by atoms with Crippen LogP contribution >= 0.6 is 0 Å². The summed E-state index contributed by atoms with van der Waals surface area (Å²) in [5.41, 5.74) is 8.55. The molecule has 0 aliphatic heterocycles. The molecule has 1 N–H and O–H groups in total. The molecule has 0 amide bonds. The summed E-state index contributed by atoms with van der Waals surface area (Å²) < 4.78 is 0. The molecule has 41 heavy (non-hydrogen) atoms. The van der Waals surface area contributed by atoms with Gasteiger partial charge in [-0.25, -0.2) is 0 Å². The molecular formula is C36H39N2O2Pt-. The molecule has 0 unspecified atom stereocenters. The van der Waals surface area contributed by atoms with Gasteiger partial charge in [0.25, 0.3) is 0 Å². The van der Waals surface area contributed by atoms with Crippen LogP contribution in [-0.2, 0) is 31.3 Å². The third kappa shape index (κ3) is 7.11. The molecule has 0 spiro atoms. The Morgan fingerprint density at radius 3 is 1.93 bits per heavy atom. The van der Waals surface area contributed by atoms with E-state index in [1.54, 1.807) is 0 Å². The fourth-order valence-electron chi connectivity index (χ4n) is 4.59. The summed E-state index contributed by atoms with van der Waals surface area (Å²) in [6.45, 7) is 15.7. The van der Waals surface area contributed by atoms with Gasteiger partial charge >= 0.3 is 0 Å². The van der Waals surface area contributed by atoms with E-state index in [1.807, 2.05) is 84.3 Å². The average Bonchev–Trinajstić information content (AvgIpc) is 3.14. The third-order valence-corrected chi connectivity index (χ3v) is 7.28. The molecular weight excluding hydrogens is 687 g/mol. The Bertz CT molecular complexity index is 1450. The molecule has 0 bridgehead atoms. The number of hydrogen-bond donors (Lipinski definition) is 1. The molecule has 0 atom stereocenters. The van der Waals surface area contributed by atoms with E-state index in [2.05, 4.69) is 66.3 Å². The molecule has 2 aromatic heterocycles. The van der Waals surface area contributed by atoms with Gasteiger partial charge in [-0.15, -0.1) is 29.3 Å². The van der Waals surface area contributed by atoms with Crippen molar-refractivity contribution >= 4 is 5.78 Å². The normalized spacial score (nSPS) is 13.7. The van der Waals surface area contributed by atoms with Crippen LogP contribution in [0.1, 0.15) is 66.5 Å². The maximum atomic E-state index is 11.5. The molecule has 0 saturated heterocycles. The first kappa shape index (κ1) is 32.2. The fourth-order valence-corrected chi connectivity index (χ4v) is 4.59. The molecule has 5 heteroatoms. The van der Waals surface area contributed by atoms with Crippen molar-refractivity contribution in [1.29, 1.82) is 0 Å². The van der Waals surface area contributed by atoms with E-state index in [9.17, 15) is 9.90 Å².